The lowest BCUT2D eigenvalue weighted by Gasteiger charge is -2.28. The number of fused-ring (bicyclic) bond motifs is 3. The number of rotatable bonds is 10. The monoisotopic (exact) mass is 591 g/mol. The zero-order chi connectivity index (χ0) is 30.8. The summed E-state index contributed by atoms with van der Waals surface area (Å²) in [5.74, 6) is -0.382. The Bertz CT molecular complexity index is 1760. The topological polar surface area (TPSA) is 121 Å². The van der Waals surface area contributed by atoms with E-state index in [2.05, 4.69) is 16.9 Å². The number of anilines is 3. The molecule has 3 aromatic carbocycles. The van der Waals surface area contributed by atoms with Crippen LogP contribution in [-0.2, 0) is 23.4 Å². The van der Waals surface area contributed by atoms with Crippen LogP contribution in [0.3, 0.4) is 0 Å². The van der Waals surface area contributed by atoms with E-state index < -0.39 is 17.4 Å². The number of aromatic nitrogens is 3. The molecule has 2 aliphatic rings. The Kier molecular flexibility index (Phi) is 7.86. The van der Waals surface area contributed by atoms with Crippen molar-refractivity contribution < 1.29 is 24.5 Å². The van der Waals surface area contributed by atoms with Gasteiger partial charge in [0.1, 0.15) is 5.75 Å². The largest absolute Gasteiger partial charge is 0.454 e. The highest BCUT2D eigenvalue weighted by Gasteiger charge is 2.52. The number of carbonyl (C=O) groups excluding carboxylic acids is 2. The maximum atomic E-state index is 14.0. The number of ether oxygens (including phenoxy) is 1. The molecule has 1 aromatic heterocycles. The first-order valence-electron chi connectivity index (χ1n) is 14.5. The van der Waals surface area contributed by atoms with Gasteiger partial charge < -0.3 is 19.8 Å². The van der Waals surface area contributed by atoms with E-state index in [0.29, 0.717) is 64.8 Å². The minimum Gasteiger partial charge on any atom is -0.454 e. The van der Waals surface area contributed by atoms with Gasteiger partial charge in [0.05, 0.1) is 22.6 Å². The van der Waals surface area contributed by atoms with E-state index in [0.717, 1.165) is 0 Å². The van der Waals surface area contributed by atoms with Crippen LogP contribution in [-0.4, -0.2) is 50.2 Å². The lowest BCUT2D eigenvalue weighted by Crippen LogP contribution is -2.44. The van der Waals surface area contributed by atoms with Gasteiger partial charge in [-0.1, -0.05) is 54.6 Å². The van der Waals surface area contributed by atoms with Crippen LogP contribution in [0.1, 0.15) is 35.0 Å². The summed E-state index contributed by atoms with van der Waals surface area (Å²) in [5.41, 5.74) is 1.25. The fraction of sp³-hybridized carbons (Fsp3) is 0.235. The van der Waals surface area contributed by atoms with Crippen molar-refractivity contribution in [2.45, 2.75) is 31.9 Å². The molecular weight excluding hydrogens is 558 g/mol. The molecule has 2 amide bonds. The average Bonchev–Trinajstić information content (AvgIpc) is 3.53. The first kappa shape index (κ1) is 29.0. The second-order valence-corrected chi connectivity index (χ2v) is 10.8. The van der Waals surface area contributed by atoms with E-state index >= 15 is 0 Å². The van der Waals surface area contributed by atoms with Crippen molar-refractivity contribution >= 4 is 28.9 Å². The zero-order valence-corrected chi connectivity index (χ0v) is 24.3. The highest BCUT2D eigenvalue weighted by molar-refractivity contribution is 6.15. The van der Waals surface area contributed by atoms with E-state index in [-0.39, 0.29) is 19.1 Å². The van der Waals surface area contributed by atoms with E-state index in [9.17, 15) is 14.7 Å². The number of allylic oxidation sites excluding steroid dienone is 1. The minimum absolute atomic E-state index is 0.00822. The molecule has 0 unspecified atom stereocenters. The Labute approximate surface area is 255 Å². The molecule has 10 heteroatoms. The molecule has 6 rings (SSSR count). The molecule has 224 valence electrons. The molecule has 0 bridgehead atoms. The lowest BCUT2D eigenvalue weighted by molar-refractivity contribution is -0.139. The van der Waals surface area contributed by atoms with Crippen molar-refractivity contribution in [1.82, 2.24) is 15.0 Å². The number of benzene rings is 3. The van der Waals surface area contributed by atoms with Gasteiger partial charge in [0, 0.05) is 49.5 Å². The van der Waals surface area contributed by atoms with Crippen LogP contribution < -0.4 is 14.5 Å². The van der Waals surface area contributed by atoms with Gasteiger partial charge in [0.25, 0.3) is 11.8 Å². The van der Waals surface area contributed by atoms with Crippen LogP contribution in [0.4, 0.5) is 17.1 Å². The maximum absolute atomic E-state index is 14.0. The Morgan fingerprint density at radius 2 is 1.82 bits per heavy atom. The maximum Gasteiger partial charge on any atom is 0.266 e. The Morgan fingerprint density at radius 1 is 1.05 bits per heavy atom. The molecule has 4 aromatic rings. The van der Waals surface area contributed by atoms with Gasteiger partial charge in [-0.2, -0.15) is 0 Å². The number of aryl methyl sites for hydroxylation is 1. The molecular formula is C34H33N5O5. The van der Waals surface area contributed by atoms with Crippen LogP contribution in [0.5, 0.6) is 11.5 Å². The molecule has 2 atom stereocenters. The van der Waals surface area contributed by atoms with Gasteiger partial charge in [-0.25, -0.2) is 0 Å². The molecule has 0 radical (unpaired) electrons. The molecule has 44 heavy (non-hydrogen) atoms. The summed E-state index contributed by atoms with van der Waals surface area (Å²) in [6, 6.07) is 19.6. The summed E-state index contributed by atoms with van der Waals surface area (Å²) in [4.78, 5) is 30.9. The van der Waals surface area contributed by atoms with Gasteiger partial charge in [0.15, 0.2) is 11.4 Å². The summed E-state index contributed by atoms with van der Waals surface area (Å²) >= 11 is 0. The predicted octanol–water partition coefficient (Wildman–Crippen LogP) is 4.90. The van der Waals surface area contributed by atoms with Crippen molar-refractivity contribution in [2.75, 3.05) is 23.0 Å². The van der Waals surface area contributed by atoms with E-state index in [1.165, 1.54) is 4.90 Å². The van der Waals surface area contributed by atoms with Crippen LogP contribution in [0.2, 0.25) is 0 Å². The number of amides is 2. The van der Waals surface area contributed by atoms with Gasteiger partial charge in [-0.05, 0) is 48.9 Å². The molecule has 2 N–H and O–H groups in total. The third-order valence-electron chi connectivity index (χ3n) is 8.03. The summed E-state index contributed by atoms with van der Waals surface area (Å²) < 4.78 is 7.84. The van der Waals surface area contributed by atoms with Gasteiger partial charge in [-0.3, -0.25) is 19.2 Å². The molecule has 0 spiro atoms. The fourth-order valence-electron chi connectivity index (χ4n) is 5.77. The second kappa shape index (κ2) is 11.9. The summed E-state index contributed by atoms with van der Waals surface area (Å²) in [7, 11) is 0. The average molecular weight is 592 g/mol. The Hall–Kier alpha value is -5.06. The van der Waals surface area contributed by atoms with Crippen LogP contribution in [0.15, 0.2) is 97.7 Å². The van der Waals surface area contributed by atoms with Crippen LogP contribution in [0.25, 0.3) is 0 Å². The van der Waals surface area contributed by atoms with Crippen molar-refractivity contribution in [3.8, 4) is 11.5 Å². The Morgan fingerprint density at radius 3 is 2.61 bits per heavy atom. The molecule has 3 heterocycles. The predicted molar refractivity (Wildman–Crippen MR) is 166 cm³/mol. The highest BCUT2D eigenvalue weighted by atomic mass is 16.5. The number of para-hydroxylation sites is 3. The molecule has 0 aliphatic carbocycles. The highest BCUT2D eigenvalue weighted by Crippen LogP contribution is 2.49. The van der Waals surface area contributed by atoms with E-state index in [1.54, 1.807) is 77.3 Å². The van der Waals surface area contributed by atoms with Gasteiger partial charge in [0.2, 0.25) is 0 Å². The summed E-state index contributed by atoms with van der Waals surface area (Å²) in [5, 5.41) is 29.4. The van der Waals surface area contributed by atoms with E-state index in [4.69, 9.17) is 9.84 Å². The standard InChI is InChI=1S/C34H33N5O5/c1-3-18-38-28-16-15-25(39-29-12-5-7-14-31(29)44-30-13-6-4-11-26(30)32(39)41)21-27(28)34(43,33(38)42)23(2)10-8-9-19-37-22-24(17-20-40)35-36-37/h3-8,10-16,21-23,40,43H,1,9,17-20H2,2H3/b10-8+/t23-,34+/m0/s1. The SMILES string of the molecule is C=CCN1C(=O)[C@@](O)([C@@H](C)/C=C/CCn2cc(CCO)nn2)c2cc(N3C(=O)c4ccccc4Oc4ccccc43)ccc21. The van der Waals surface area contributed by atoms with Crippen molar-refractivity contribution in [3.63, 3.8) is 0 Å². The molecule has 0 saturated carbocycles. The normalized spacial score (nSPS) is 18.1. The second-order valence-electron chi connectivity index (χ2n) is 10.8. The molecule has 0 fully saturated rings. The molecule has 2 aliphatic heterocycles. The lowest BCUT2D eigenvalue weighted by atomic mass is 9.82. The number of aliphatic hydroxyl groups is 2. The number of carbonyl (C=O) groups is 2. The quantitative estimate of drug-likeness (QED) is 0.252. The van der Waals surface area contributed by atoms with Crippen molar-refractivity contribution in [2.24, 2.45) is 5.92 Å². The Balaban J connectivity index is 1.35. The van der Waals surface area contributed by atoms with E-state index in [1.807, 2.05) is 30.4 Å². The number of hydrogen-bond donors (Lipinski definition) is 2. The van der Waals surface area contributed by atoms with Crippen molar-refractivity contribution in [1.29, 1.82) is 0 Å². The first-order chi connectivity index (χ1) is 21.4. The number of hydrogen-bond acceptors (Lipinski definition) is 7. The first-order valence-corrected chi connectivity index (χ1v) is 14.5. The molecule has 10 nitrogen and oxygen atoms in total. The smallest absolute Gasteiger partial charge is 0.266 e. The van der Waals surface area contributed by atoms with Gasteiger partial charge >= 0.3 is 0 Å². The number of nitrogens with zero attached hydrogens (tertiary/aromatic N) is 5. The van der Waals surface area contributed by atoms with Crippen molar-refractivity contribution in [3.05, 3.63) is 115 Å². The van der Waals surface area contributed by atoms with Crippen LogP contribution in [0, 0.1) is 5.92 Å². The third-order valence-corrected chi connectivity index (χ3v) is 8.03. The third kappa shape index (κ3) is 4.97. The molecule has 0 saturated heterocycles. The fourth-order valence-corrected chi connectivity index (χ4v) is 5.77. The van der Waals surface area contributed by atoms with Gasteiger partial charge in [-0.15, -0.1) is 11.7 Å². The summed E-state index contributed by atoms with van der Waals surface area (Å²) in [6.45, 7) is 6.38. The summed E-state index contributed by atoms with van der Waals surface area (Å²) in [6.07, 6.45) is 8.18. The number of aliphatic hydroxyl groups excluding tert-OH is 1. The van der Waals surface area contributed by atoms with Crippen LogP contribution >= 0.6 is 0 Å². The zero-order valence-electron chi connectivity index (χ0n) is 24.3. The minimum atomic E-state index is -1.88.